The van der Waals surface area contributed by atoms with E-state index >= 15 is 0 Å². The SMILES string of the molecule is NS(=O)(=O)CCCNC(=O)c1ccc(C#CCO)cc1F. The normalized spacial score (nSPS) is 10.6. The lowest BCUT2D eigenvalue weighted by Gasteiger charge is -2.06. The minimum absolute atomic E-state index is 0.0702. The summed E-state index contributed by atoms with van der Waals surface area (Å²) >= 11 is 0. The number of aliphatic hydroxyl groups is 1. The molecular weight excluding hydrogens is 299 g/mol. The molecule has 0 radical (unpaired) electrons. The van der Waals surface area contributed by atoms with Crippen molar-refractivity contribution >= 4 is 15.9 Å². The van der Waals surface area contributed by atoms with E-state index < -0.39 is 21.7 Å². The highest BCUT2D eigenvalue weighted by Crippen LogP contribution is 2.09. The van der Waals surface area contributed by atoms with Crippen LogP contribution in [-0.2, 0) is 10.0 Å². The van der Waals surface area contributed by atoms with Crippen molar-refractivity contribution in [2.45, 2.75) is 6.42 Å². The lowest BCUT2D eigenvalue weighted by molar-refractivity contribution is 0.0949. The summed E-state index contributed by atoms with van der Waals surface area (Å²) in [4.78, 5) is 11.7. The van der Waals surface area contributed by atoms with Crippen LogP contribution in [0.3, 0.4) is 0 Å². The zero-order valence-corrected chi connectivity index (χ0v) is 11.9. The summed E-state index contributed by atoms with van der Waals surface area (Å²) in [5.74, 6) is 3.23. The Morgan fingerprint density at radius 3 is 2.71 bits per heavy atom. The summed E-state index contributed by atoms with van der Waals surface area (Å²) in [5, 5.41) is 15.7. The van der Waals surface area contributed by atoms with Crippen LogP contribution in [0.5, 0.6) is 0 Å². The van der Waals surface area contributed by atoms with E-state index in [-0.39, 0.29) is 30.9 Å². The Balaban J connectivity index is 2.62. The summed E-state index contributed by atoms with van der Waals surface area (Å²) in [6.07, 6.45) is 0.145. The second-order valence-corrected chi connectivity index (χ2v) is 5.86. The summed E-state index contributed by atoms with van der Waals surface area (Å²) in [7, 11) is -3.57. The van der Waals surface area contributed by atoms with Gasteiger partial charge in [-0.05, 0) is 24.6 Å². The molecule has 0 saturated heterocycles. The number of sulfonamides is 1. The number of aliphatic hydroxyl groups excluding tert-OH is 1. The molecule has 0 spiro atoms. The molecule has 0 aliphatic heterocycles. The van der Waals surface area contributed by atoms with E-state index in [1.54, 1.807) is 0 Å². The molecule has 0 aliphatic carbocycles. The molecule has 114 valence electrons. The van der Waals surface area contributed by atoms with Crippen molar-refractivity contribution < 1.29 is 22.7 Å². The van der Waals surface area contributed by atoms with Crippen LogP contribution in [0.15, 0.2) is 18.2 Å². The number of hydrogen-bond acceptors (Lipinski definition) is 4. The first-order chi connectivity index (χ1) is 9.83. The minimum atomic E-state index is -3.57. The monoisotopic (exact) mass is 314 g/mol. The van der Waals surface area contributed by atoms with Crippen LogP contribution in [0.25, 0.3) is 0 Å². The van der Waals surface area contributed by atoms with Gasteiger partial charge in [-0.3, -0.25) is 4.79 Å². The maximum absolute atomic E-state index is 13.7. The number of rotatable bonds is 5. The van der Waals surface area contributed by atoms with Crippen LogP contribution in [0, 0.1) is 17.7 Å². The van der Waals surface area contributed by atoms with Gasteiger partial charge in [0.05, 0.1) is 11.3 Å². The van der Waals surface area contributed by atoms with Crippen LogP contribution in [0.2, 0.25) is 0 Å². The van der Waals surface area contributed by atoms with Gasteiger partial charge in [-0.15, -0.1) is 0 Å². The smallest absolute Gasteiger partial charge is 0.254 e. The van der Waals surface area contributed by atoms with E-state index in [1.165, 1.54) is 12.1 Å². The lowest BCUT2D eigenvalue weighted by Crippen LogP contribution is -2.28. The van der Waals surface area contributed by atoms with Gasteiger partial charge in [-0.25, -0.2) is 17.9 Å². The molecule has 0 saturated carbocycles. The molecule has 8 heteroatoms. The average Bonchev–Trinajstić information content (AvgIpc) is 2.40. The third-order valence-electron chi connectivity index (χ3n) is 2.42. The van der Waals surface area contributed by atoms with Crippen LogP contribution < -0.4 is 10.5 Å². The number of carbonyl (C=O) groups excluding carboxylic acids is 1. The molecule has 4 N–H and O–H groups in total. The Hall–Kier alpha value is -1.95. The number of primary sulfonamides is 1. The van der Waals surface area contributed by atoms with Crippen LogP contribution >= 0.6 is 0 Å². The third kappa shape index (κ3) is 6.35. The van der Waals surface area contributed by atoms with Gasteiger partial charge in [0.15, 0.2) is 0 Å². The number of amides is 1. The van der Waals surface area contributed by atoms with E-state index in [1.807, 2.05) is 0 Å². The molecule has 21 heavy (non-hydrogen) atoms. The molecule has 1 rings (SSSR count). The van der Waals surface area contributed by atoms with E-state index in [9.17, 15) is 17.6 Å². The number of nitrogens with two attached hydrogens (primary N) is 1. The standard InChI is InChI=1S/C13H15FN2O4S/c14-12-9-10(3-1-7-17)4-5-11(12)13(18)16-6-2-8-21(15,19)20/h4-5,9,17H,2,6-8H2,(H,16,18)(H2,15,19,20). The molecule has 6 nitrogen and oxygen atoms in total. The van der Waals surface area contributed by atoms with Crippen LogP contribution in [-0.4, -0.2) is 38.3 Å². The predicted octanol–water partition coefficient (Wildman–Crippen LogP) is -0.422. The molecule has 0 fully saturated rings. The first-order valence-electron chi connectivity index (χ1n) is 6.01. The number of nitrogens with one attached hydrogen (secondary N) is 1. The van der Waals surface area contributed by atoms with E-state index in [0.717, 1.165) is 6.07 Å². The first-order valence-corrected chi connectivity index (χ1v) is 7.73. The van der Waals surface area contributed by atoms with Crippen molar-refractivity contribution in [3.63, 3.8) is 0 Å². The van der Waals surface area contributed by atoms with Gasteiger partial charge in [0, 0.05) is 12.1 Å². The molecular formula is C13H15FN2O4S. The quantitative estimate of drug-likeness (QED) is 0.506. The zero-order valence-electron chi connectivity index (χ0n) is 11.1. The summed E-state index contributed by atoms with van der Waals surface area (Å²) in [6, 6.07) is 3.80. The van der Waals surface area contributed by atoms with Crippen molar-refractivity contribution in [1.82, 2.24) is 5.32 Å². The number of carbonyl (C=O) groups is 1. The molecule has 0 heterocycles. The topological polar surface area (TPSA) is 109 Å². The molecule has 0 aliphatic rings. The molecule has 0 bridgehead atoms. The number of benzene rings is 1. The molecule has 0 atom stereocenters. The fraction of sp³-hybridized carbons (Fsp3) is 0.308. The third-order valence-corrected chi connectivity index (χ3v) is 3.27. The largest absolute Gasteiger partial charge is 0.384 e. The van der Waals surface area contributed by atoms with E-state index in [0.29, 0.717) is 5.56 Å². The van der Waals surface area contributed by atoms with Gasteiger partial charge in [-0.1, -0.05) is 11.8 Å². The fourth-order valence-electron chi connectivity index (χ4n) is 1.49. The van der Waals surface area contributed by atoms with Crippen molar-refractivity contribution in [2.75, 3.05) is 18.9 Å². The van der Waals surface area contributed by atoms with E-state index in [4.69, 9.17) is 10.2 Å². The molecule has 0 aromatic heterocycles. The van der Waals surface area contributed by atoms with Crippen molar-refractivity contribution in [3.8, 4) is 11.8 Å². The summed E-state index contributed by atoms with van der Waals surface area (Å²) in [5.41, 5.74) is 0.174. The van der Waals surface area contributed by atoms with Gasteiger partial charge in [-0.2, -0.15) is 0 Å². The van der Waals surface area contributed by atoms with Crippen LogP contribution in [0.4, 0.5) is 4.39 Å². The first kappa shape index (κ1) is 17.1. The second-order valence-electron chi connectivity index (χ2n) is 4.13. The molecule has 0 unspecified atom stereocenters. The Morgan fingerprint density at radius 1 is 1.43 bits per heavy atom. The molecule has 1 aromatic carbocycles. The predicted molar refractivity (Wildman–Crippen MR) is 75.3 cm³/mol. The van der Waals surface area contributed by atoms with Gasteiger partial charge < -0.3 is 10.4 Å². The maximum Gasteiger partial charge on any atom is 0.254 e. The highest BCUT2D eigenvalue weighted by molar-refractivity contribution is 7.89. The Bertz CT molecular complexity index is 677. The van der Waals surface area contributed by atoms with Crippen LogP contribution in [0.1, 0.15) is 22.3 Å². The van der Waals surface area contributed by atoms with Gasteiger partial charge in [0.2, 0.25) is 10.0 Å². The van der Waals surface area contributed by atoms with Crippen molar-refractivity contribution in [2.24, 2.45) is 5.14 Å². The molecule has 1 aromatic rings. The van der Waals surface area contributed by atoms with Gasteiger partial charge >= 0.3 is 0 Å². The minimum Gasteiger partial charge on any atom is -0.384 e. The number of halogens is 1. The van der Waals surface area contributed by atoms with Crippen molar-refractivity contribution in [1.29, 1.82) is 0 Å². The molecule has 1 amide bonds. The Kier molecular flexibility index (Phi) is 6.30. The maximum atomic E-state index is 13.7. The Labute approximate surface area is 122 Å². The fourth-order valence-corrected chi connectivity index (χ4v) is 2.04. The lowest BCUT2D eigenvalue weighted by atomic mass is 10.1. The highest BCUT2D eigenvalue weighted by Gasteiger charge is 2.11. The van der Waals surface area contributed by atoms with E-state index in [2.05, 4.69) is 17.2 Å². The average molecular weight is 314 g/mol. The summed E-state index contributed by atoms with van der Waals surface area (Å²) < 4.78 is 35.1. The Morgan fingerprint density at radius 2 is 2.14 bits per heavy atom. The van der Waals surface area contributed by atoms with Gasteiger partial charge in [0.25, 0.3) is 5.91 Å². The summed E-state index contributed by atoms with van der Waals surface area (Å²) in [6.45, 7) is -0.269. The zero-order chi connectivity index (χ0) is 15.9. The van der Waals surface area contributed by atoms with Gasteiger partial charge in [0.1, 0.15) is 12.4 Å². The highest BCUT2D eigenvalue weighted by atomic mass is 32.2. The number of hydrogen-bond donors (Lipinski definition) is 3. The second kappa shape index (κ2) is 7.73. The van der Waals surface area contributed by atoms with Crippen molar-refractivity contribution in [3.05, 3.63) is 35.1 Å².